The number of fused-ring (bicyclic) bond motifs is 1. The second-order valence-corrected chi connectivity index (χ2v) is 7.72. The van der Waals surface area contributed by atoms with E-state index < -0.39 is 0 Å². The lowest BCUT2D eigenvalue weighted by atomic mass is 9.97. The van der Waals surface area contributed by atoms with E-state index >= 15 is 0 Å². The van der Waals surface area contributed by atoms with Gasteiger partial charge >= 0.3 is 0 Å². The zero-order chi connectivity index (χ0) is 20.5. The van der Waals surface area contributed by atoms with Gasteiger partial charge in [-0.05, 0) is 50.5 Å². The molecule has 1 saturated heterocycles. The maximum Gasteiger partial charge on any atom is 0.261 e. The van der Waals surface area contributed by atoms with E-state index in [2.05, 4.69) is 29.3 Å². The first-order valence-electron chi connectivity index (χ1n) is 9.98. The van der Waals surface area contributed by atoms with Crippen molar-refractivity contribution in [2.75, 3.05) is 6.54 Å². The van der Waals surface area contributed by atoms with Gasteiger partial charge in [-0.25, -0.2) is 0 Å². The lowest BCUT2D eigenvalue weighted by Gasteiger charge is -2.38. The van der Waals surface area contributed by atoms with E-state index in [0.717, 1.165) is 19.3 Å². The molecule has 0 radical (unpaired) electrons. The van der Waals surface area contributed by atoms with Gasteiger partial charge in [0.15, 0.2) is 5.82 Å². The number of aromatic nitrogens is 4. The molecule has 9 heteroatoms. The third-order valence-electron chi connectivity index (χ3n) is 5.69. The van der Waals surface area contributed by atoms with Gasteiger partial charge in [-0.2, -0.15) is 4.80 Å². The lowest BCUT2D eigenvalue weighted by molar-refractivity contribution is -0.138. The smallest absolute Gasteiger partial charge is 0.261 e. The molecule has 2 atom stereocenters. The monoisotopic (exact) mass is 396 g/mol. The van der Waals surface area contributed by atoms with Crippen LogP contribution in [0.15, 0.2) is 24.3 Å². The summed E-state index contributed by atoms with van der Waals surface area (Å²) in [4.78, 5) is 41.9. The van der Waals surface area contributed by atoms with Crippen LogP contribution in [0.4, 0.5) is 0 Å². The fraction of sp³-hybridized carbons (Fsp3) is 0.500. The van der Waals surface area contributed by atoms with Gasteiger partial charge in [0.2, 0.25) is 5.91 Å². The summed E-state index contributed by atoms with van der Waals surface area (Å²) in [5, 5.41) is 12.2. The number of nitrogens with zero attached hydrogens (tertiary/aromatic N) is 6. The maximum atomic E-state index is 12.7. The number of hydrogen-bond acceptors (Lipinski definition) is 6. The molecule has 1 aromatic carbocycles. The van der Waals surface area contributed by atoms with Crippen molar-refractivity contribution in [3.8, 4) is 0 Å². The summed E-state index contributed by atoms with van der Waals surface area (Å²) in [5.74, 6) is -0.231. The Bertz CT molecular complexity index is 910. The van der Waals surface area contributed by atoms with Crippen LogP contribution >= 0.6 is 0 Å². The number of imide groups is 1. The Morgan fingerprint density at radius 3 is 2.31 bits per heavy atom. The second kappa shape index (κ2) is 7.73. The molecule has 0 aliphatic carbocycles. The van der Waals surface area contributed by atoms with Crippen LogP contribution in [-0.4, -0.2) is 66.4 Å². The normalized spacial score (nSPS) is 21.6. The van der Waals surface area contributed by atoms with E-state index in [0.29, 0.717) is 17.0 Å². The number of likely N-dealkylation sites (tertiary alicyclic amines) is 1. The van der Waals surface area contributed by atoms with Crippen molar-refractivity contribution in [2.24, 2.45) is 0 Å². The third-order valence-corrected chi connectivity index (χ3v) is 5.69. The van der Waals surface area contributed by atoms with Crippen LogP contribution in [0.25, 0.3) is 0 Å². The summed E-state index contributed by atoms with van der Waals surface area (Å²) in [6, 6.07) is 7.20. The summed E-state index contributed by atoms with van der Waals surface area (Å²) >= 11 is 0. The van der Waals surface area contributed by atoms with Crippen molar-refractivity contribution in [3.63, 3.8) is 0 Å². The van der Waals surface area contributed by atoms with Crippen LogP contribution in [0.3, 0.4) is 0 Å². The standard InChI is InChI=1S/C20H24N6O3/c1-13-6-5-7-14(2)26(13)18(27)12-25-22-17(21-23-25)10-11-24-19(28)15-8-3-4-9-16(15)20(24)29/h3-4,8-9,13-14H,5-7,10-12H2,1-2H3/t13-,14-/m0/s1. The molecular formula is C20H24N6O3. The van der Waals surface area contributed by atoms with Crippen molar-refractivity contribution in [2.45, 2.75) is 58.2 Å². The van der Waals surface area contributed by atoms with E-state index in [1.54, 1.807) is 24.3 Å². The first-order valence-corrected chi connectivity index (χ1v) is 9.98. The van der Waals surface area contributed by atoms with Crippen LogP contribution in [0.1, 0.15) is 59.7 Å². The van der Waals surface area contributed by atoms with E-state index in [9.17, 15) is 14.4 Å². The number of tetrazole rings is 1. The minimum absolute atomic E-state index is 0.0194. The number of carbonyl (C=O) groups is 3. The molecule has 2 aromatic rings. The summed E-state index contributed by atoms with van der Waals surface area (Å²) in [6.45, 7) is 4.34. The second-order valence-electron chi connectivity index (χ2n) is 7.72. The summed E-state index contributed by atoms with van der Waals surface area (Å²) in [5.41, 5.74) is 0.842. The molecule has 0 spiro atoms. The van der Waals surface area contributed by atoms with Gasteiger partial charge in [-0.3, -0.25) is 19.3 Å². The average molecular weight is 396 g/mol. The molecule has 0 saturated carbocycles. The van der Waals surface area contributed by atoms with E-state index in [-0.39, 0.29) is 49.3 Å². The Labute approximate surface area is 168 Å². The molecule has 3 heterocycles. The van der Waals surface area contributed by atoms with Crippen molar-refractivity contribution < 1.29 is 14.4 Å². The number of amides is 3. The molecule has 152 valence electrons. The van der Waals surface area contributed by atoms with Gasteiger partial charge in [0, 0.05) is 25.0 Å². The van der Waals surface area contributed by atoms with Gasteiger partial charge in [0.1, 0.15) is 6.54 Å². The Morgan fingerprint density at radius 1 is 1.07 bits per heavy atom. The topological polar surface area (TPSA) is 101 Å². The molecule has 0 bridgehead atoms. The van der Waals surface area contributed by atoms with Gasteiger partial charge < -0.3 is 4.90 Å². The molecule has 1 aromatic heterocycles. The molecule has 3 amide bonds. The molecule has 2 aliphatic rings. The van der Waals surface area contributed by atoms with Gasteiger partial charge in [-0.1, -0.05) is 12.1 Å². The highest BCUT2D eigenvalue weighted by Gasteiger charge is 2.35. The van der Waals surface area contributed by atoms with Crippen LogP contribution in [0.5, 0.6) is 0 Å². The van der Waals surface area contributed by atoms with Crippen molar-refractivity contribution in [1.29, 1.82) is 0 Å². The molecule has 29 heavy (non-hydrogen) atoms. The Hall–Kier alpha value is -3.10. The number of carbonyl (C=O) groups excluding carboxylic acids is 3. The van der Waals surface area contributed by atoms with Crippen LogP contribution in [0.2, 0.25) is 0 Å². The van der Waals surface area contributed by atoms with Crippen molar-refractivity contribution in [1.82, 2.24) is 30.0 Å². The minimum Gasteiger partial charge on any atom is -0.336 e. The van der Waals surface area contributed by atoms with E-state index in [1.165, 1.54) is 9.70 Å². The fourth-order valence-corrected chi connectivity index (χ4v) is 4.21. The van der Waals surface area contributed by atoms with E-state index in [4.69, 9.17) is 0 Å². The Morgan fingerprint density at radius 2 is 1.69 bits per heavy atom. The highest BCUT2D eigenvalue weighted by molar-refractivity contribution is 6.21. The van der Waals surface area contributed by atoms with Gasteiger partial charge in [-0.15, -0.1) is 10.2 Å². The fourth-order valence-electron chi connectivity index (χ4n) is 4.21. The molecule has 2 aliphatic heterocycles. The quantitative estimate of drug-likeness (QED) is 0.706. The van der Waals surface area contributed by atoms with Gasteiger partial charge in [0.25, 0.3) is 11.8 Å². The number of hydrogen-bond donors (Lipinski definition) is 0. The largest absolute Gasteiger partial charge is 0.336 e. The van der Waals surface area contributed by atoms with Crippen LogP contribution < -0.4 is 0 Å². The van der Waals surface area contributed by atoms with Crippen molar-refractivity contribution in [3.05, 3.63) is 41.2 Å². The van der Waals surface area contributed by atoms with Crippen LogP contribution in [-0.2, 0) is 17.8 Å². The Kier molecular flexibility index (Phi) is 5.12. The third kappa shape index (κ3) is 3.64. The number of piperidine rings is 1. The number of benzene rings is 1. The Balaban J connectivity index is 1.36. The average Bonchev–Trinajstić information content (AvgIpc) is 3.23. The SMILES string of the molecule is C[C@H]1CCC[C@H](C)N1C(=O)Cn1nnc(CCN2C(=O)c3ccccc3C2=O)n1. The lowest BCUT2D eigenvalue weighted by Crippen LogP contribution is -2.48. The highest BCUT2D eigenvalue weighted by Crippen LogP contribution is 2.23. The molecule has 1 fully saturated rings. The molecular weight excluding hydrogens is 372 g/mol. The molecule has 9 nitrogen and oxygen atoms in total. The maximum absolute atomic E-state index is 12.7. The summed E-state index contributed by atoms with van der Waals surface area (Å²) in [7, 11) is 0. The molecule has 4 rings (SSSR count). The van der Waals surface area contributed by atoms with Crippen LogP contribution in [0, 0.1) is 0 Å². The highest BCUT2D eigenvalue weighted by atomic mass is 16.2. The predicted molar refractivity (Wildman–Crippen MR) is 103 cm³/mol. The molecule has 0 unspecified atom stereocenters. The zero-order valence-electron chi connectivity index (χ0n) is 16.6. The van der Waals surface area contributed by atoms with E-state index in [1.807, 2.05) is 4.90 Å². The first kappa shape index (κ1) is 19.2. The first-order chi connectivity index (χ1) is 14.0. The summed E-state index contributed by atoms with van der Waals surface area (Å²) in [6.07, 6.45) is 3.44. The zero-order valence-corrected chi connectivity index (χ0v) is 16.6. The summed E-state index contributed by atoms with van der Waals surface area (Å²) < 4.78 is 0. The number of rotatable bonds is 5. The molecule has 0 N–H and O–H groups in total. The van der Waals surface area contributed by atoms with Crippen molar-refractivity contribution >= 4 is 17.7 Å². The predicted octanol–water partition coefficient (Wildman–Crippen LogP) is 1.30. The minimum atomic E-state index is -0.304. The van der Waals surface area contributed by atoms with Gasteiger partial charge in [0.05, 0.1) is 11.1 Å².